The number of benzene rings is 2. The van der Waals surface area contributed by atoms with Gasteiger partial charge in [-0.25, -0.2) is 0 Å². The standard InChI is InChI=1S/C15H10BrIN2O2/c1-21-13-4-2-3-9(8-18)14(13)19-15(20)11-7-10(17)5-6-12(11)16/h2-7H,1H3,(H,19,20). The first-order chi connectivity index (χ1) is 10.1. The topological polar surface area (TPSA) is 62.1 Å². The van der Waals surface area contributed by atoms with Gasteiger partial charge in [-0.1, -0.05) is 6.07 Å². The van der Waals surface area contributed by atoms with Crippen molar-refractivity contribution in [2.24, 2.45) is 0 Å². The summed E-state index contributed by atoms with van der Waals surface area (Å²) in [6, 6.07) is 12.5. The lowest BCUT2D eigenvalue weighted by atomic mass is 10.1. The van der Waals surface area contributed by atoms with Crippen LogP contribution in [0.1, 0.15) is 15.9 Å². The minimum atomic E-state index is -0.304. The predicted molar refractivity (Wildman–Crippen MR) is 92.5 cm³/mol. The number of amides is 1. The Morgan fingerprint density at radius 3 is 2.81 bits per heavy atom. The van der Waals surface area contributed by atoms with E-state index in [1.807, 2.05) is 18.2 Å². The molecule has 4 nitrogen and oxygen atoms in total. The molecule has 2 rings (SSSR count). The van der Waals surface area contributed by atoms with E-state index in [0.29, 0.717) is 27.0 Å². The van der Waals surface area contributed by atoms with Gasteiger partial charge in [-0.15, -0.1) is 0 Å². The maximum Gasteiger partial charge on any atom is 0.256 e. The molecular weight excluding hydrogens is 447 g/mol. The Labute approximate surface area is 144 Å². The molecule has 0 saturated carbocycles. The number of halogens is 2. The number of hydrogen-bond acceptors (Lipinski definition) is 3. The highest BCUT2D eigenvalue weighted by Gasteiger charge is 2.16. The second-order valence-corrected chi connectivity index (χ2v) is 6.17. The number of carbonyl (C=O) groups excluding carboxylic acids is 1. The number of hydrogen-bond donors (Lipinski definition) is 1. The fraction of sp³-hybridized carbons (Fsp3) is 0.0667. The first kappa shape index (κ1) is 15.8. The molecule has 1 N–H and O–H groups in total. The Hall–Kier alpha value is -1.59. The van der Waals surface area contributed by atoms with E-state index in [-0.39, 0.29) is 5.91 Å². The van der Waals surface area contributed by atoms with Gasteiger partial charge in [-0.3, -0.25) is 4.79 Å². The third kappa shape index (κ3) is 3.54. The molecular formula is C15H10BrIN2O2. The summed E-state index contributed by atoms with van der Waals surface area (Å²) < 4.78 is 6.83. The van der Waals surface area contributed by atoms with Crippen LogP contribution in [-0.4, -0.2) is 13.0 Å². The van der Waals surface area contributed by atoms with E-state index in [0.717, 1.165) is 3.57 Å². The molecule has 106 valence electrons. The largest absolute Gasteiger partial charge is 0.495 e. The van der Waals surface area contributed by atoms with Crippen molar-refractivity contribution in [3.8, 4) is 11.8 Å². The smallest absolute Gasteiger partial charge is 0.256 e. The van der Waals surface area contributed by atoms with Gasteiger partial charge in [0, 0.05) is 8.04 Å². The van der Waals surface area contributed by atoms with Crippen molar-refractivity contribution < 1.29 is 9.53 Å². The summed E-state index contributed by atoms with van der Waals surface area (Å²) >= 11 is 5.49. The van der Waals surface area contributed by atoms with Crippen LogP contribution in [0.5, 0.6) is 5.75 Å². The van der Waals surface area contributed by atoms with Crippen molar-refractivity contribution in [2.75, 3.05) is 12.4 Å². The highest BCUT2D eigenvalue weighted by molar-refractivity contribution is 14.1. The molecule has 0 bridgehead atoms. The van der Waals surface area contributed by atoms with E-state index in [4.69, 9.17) is 10.00 Å². The molecule has 0 atom stereocenters. The molecule has 1 amide bonds. The van der Waals surface area contributed by atoms with E-state index < -0.39 is 0 Å². The summed E-state index contributed by atoms with van der Waals surface area (Å²) in [5.41, 5.74) is 1.22. The van der Waals surface area contributed by atoms with Crippen molar-refractivity contribution in [2.45, 2.75) is 0 Å². The van der Waals surface area contributed by atoms with Crippen LogP contribution in [0.25, 0.3) is 0 Å². The minimum absolute atomic E-state index is 0.304. The fourth-order valence-corrected chi connectivity index (χ4v) is 2.69. The van der Waals surface area contributed by atoms with E-state index in [2.05, 4.69) is 43.8 Å². The zero-order valence-corrected chi connectivity index (χ0v) is 14.7. The van der Waals surface area contributed by atoms with E-state index >= 15 is 0 Å². The van der Waals surface area contributed by atoms with Gasteiger partial charge >= 0.3 is 0 Å². The first-order valence-corrected chi connectivity index (χ1v) is 7.77. The summed E-state index contributed by atoms with van der Waals surface area (Å²) in [7, 11) is 1.49. The second-order valence-electron chi connectivity index (χ2n) is 4.07. The van der Waals surface area contributed by atoms with Crippen LogP contribution in [-0.2, 0) is 0 Å². The third-order valence-corrected chi connectivity index (χ3v) is 4.14. The van der Waals surface area contributed by atoms with Crippen LogP contribution < -0.4 is 10.1 Å². The lowest BCUT2D eigenvalue weighted by Crippen LogP contribution is -2.14. The SMILES string of the molecule is COc1cccc(C#N)c1NC(=O)c1cc(I)ccc1Br. The molecule has 0 spiro atoms. The molecule has 0 aliphatic carbocycles. The van der Waals surface area contributed by atoms with Gasteiger partial charge in [-0.05, 0) is 68.9 Å². The summed E-state index contributed by atoms with van der Waals surface area (Å²) in [4.78, 5) is 12.4. The summed E-state index contributed by atoms with van der Waals surface area (Å²) in [5.74, 6) is 0.144. The first-order valence-electron chi connectivity index (χ1n) is 5.90. The lowest BCUT2D eigenvalue weighted by Gasteiger charge is -2.12. The Balaban J connectivity index is 2.41. The van der Waals surface area contributed by atoms with Crippen LogP contribution in [0.3, 0.4) is 0 Å². The number of methoxy groups -OCH3 is 1. The second kappa shape index (κ2) is 6.91. The molecule has 0 aliphatic heterocycles. The van der Waals surface area contributed by atoms with Gasteiger partial charge in [0.25, 0.3) is 5.91 Å². The van der Waals surface area contributed by atoms with Gasteiger partial charge in [0.15, 0.2) is 0 Å². The fourth-order valence-electron chi connectivity index (χ4n) is 1.78. The zero-order valence-electron chi connectivity index (χ0n) is 11.0. The van der Waals surface area contributed by atoms with Crippen molar-refractivity contribution in [1.29, 1.82) is 5.26 Å². The minimum Gasteiger partial charge on any atom is -0.495 e. The van der Waals surface area contributed by atoms with Gasteiger partial charge < -0.3 is 10.1 Å². The molecule has 0 aromatic heterocycles. The molecule has 21 heavy (non-hydrogen) atoms. The molecule has 0 fully saturated rings. The van der Waals surface area contributed by atoms with Crippen LogP contribution in [0, 0.1) is 14.9 Å². The summed E-state index contributed by atoms with van der Waals surface area (Å²) in [6.07, 6.45) is 0. The molecule has 0 heterocycles. The van der Waals surface area contributed by atoms with E-state index in [9.17, 15) is 4.79 Å². The van der Waals surface area contributed by atoms with Gasteiger partial charge in [0.1, 0.15) is 17.5 Å². The zero-order chi connectivity index (χ0) is 15.4. The number of para-hydroxylation sites is 1. The monoisotopic (exact) mass is 456 g/mol. The van der Waals surface area contributed by atoms with Gasteiger partial charge in [0.05, 0.1) is 18.2 Å². The van der Waals surface area contributed by atoms with Crippen molar-refractivity contribution in [3.63, 3.8) is 0 Å². The van der Waals surface area contributed by atoms with Crippen LogP contribution in [0.2, 0.25) is 0 Å². The quantitative estimate of drug-likeness (QED) is 0.704. The third-order valence-electron chi connectivity index (χ3n) is 2.78. The van der Waals surface area contributed by atoms with Gasteiger partial charge in [-0.2, -0.15) is 5.26 Å². The van der Waals surface area contributed by atoms with Crippen LogP contribution in [0.4, 0.5) is 5.69 Å². The van der Waals surface area contributed by atoms with Crippen LogP contribution in [0.15, 0.2) is 40.9 Å². The predicted octanol–water partition coefficient (Wildman–Crippen LogP) is 4.19. The molecule has 2 aromatic carbocycles. The highest BCUT2D eigenvalue weighted by atomic mass is 127. The Morgan fingerprint density at radius 2 is 2.14 bits per heavy atom. The number of carbonyl (C=O) groups is 1. The van der Waals surface area contributed by atoms with Crippen molar-refractivity contribution >= 4 is 50.1 Å². The average molecular weight is 457 g/mol. The van der Waals surface area contributed by atoms with Crippen molar-refractivity contribution in [3.05, 3.63) is 55.6 Å². The Kier molecular flexibility index (Phi) is 5.20. The molecule has 0 radical (unpaired) electrons. The summed E-state index contributed by atoms with van der Waals surface area (Å²) in [6.45, 7) is 0. The number of nitriles is 1. The normalized spacial score (nSPS) is 9.81. The Bertz CT molecular complexity index is 741. The average Bonchev–Trinajstić information content (AvgIpc) is 2.49. The number of anilines is 1. The lowest BCUT2D eigenvalue weighted by molar-refractivity contribution is 0.102. The molecule has 0 unspecified atom stereocenters. The van der Waals surface area contributed by atoms with E-state index in [1.54, 1.807) is 24.3 Å². The summed E-state index contributed by atoms with van der Waals surface area (Å²) in [5, 5.41) is 11.9. The molecule has 0 aliphatic rings. The maximum atomic E-state index is 12.4. The van der Waals surface area contributed by atoms with Crippen LogP contribution >= 0.6 is 38.5 Å². The van der Waals surface area contributed by atoms with Crippen molar-refractivity contribution in [1.82, 2.24) is 0 Å². The van der Waals surface area contributed by atoms with E-state index in [1.165, 1.54) is 7.11 Å². The number of rotatable bonds is 3. The highest BCUT2D eigenvalue weighted by Crippen LogP contribution is 2.29. The molecule has 0 saturated heterocycles. The van der Waals surface area contributed by atoms with Gasteiger partial charge in [0.2, 0.25) is 0 Å². The number of nitrogens with one attached hydrogen (secondary N) is 1. The molecule has 6 heteroatoms. The molecule has 2 aromatic rings. The maximum absolute atomic E-state index is 12.4. The Morgan fingerprint density at radius 1 is 1.38 bits per heavy atom. The number of nitrogens with zero attached hydrogens (tertiary/aromatic N) is 1. The number of ether oxygens (including phenoxy) is 1.